The van der Waals surface area contributed by atoms with Gasteiger partial charge in [0.1, 0.15) is 13.2 Å². The van der Waals surface area contributed by atoms with E-state index in [0.29, 0.717) is 19.3 Å². The van der Waals surface area contributed by atoms with Gasteiger partial charge in [-0.05, 0) is 141 Å². The largest absolute Gasteiger partial charge is 0.462 e. The van der Waals surface area contributed by atoms with E-state index in [-0.39, 0.29) is 31.1 Å². The first-order valence-corrected chi connectivity index (χ1v) is 34.3. The number of carbonyl (C=O) groups excluding carboxylic acids is 3. The Bertz CT molecular complexity index is 1800. The zero-order valence-corrected chi connectivity index (χ0v) is 53.9. The number of hydrogen-bond acceptors (Lipinski definition) is 6. The Morgan fingerprint density at radius 1 is 0.253 bits per heavy atom. The monoisotopic (exact) mass is 1150 g/mol. The fourth-order valence-corrected chi connectivity index (χ4v) is 9.23. The van der Waals surface area contributed by atoms with E-state index in [1.165, 1.54) is 116 Å². The number of esters is 3. The standard InChI is InChI=1S/C77H126O6/c1-4-7-10-13-16-19-22-25-28-31-34-36-38-40-43-46-49-52-55-58-61-64-67-70-76(79)82-73-74(72-81-75(78)69-66-63-60-57-54-51-48-45-42-33-30-27-24-21-18-15-12-9-6-3)83-77(80)71-68-65-62-59-56-53-50-47-44-41-39-37-35-32-29-26-23-20-17-14-11-8-5-2/h7-8,10-11,16-21,25-30,34-37,40-41,43-44,74H,4-6,9,12-15,22-24,31-33,38-39,42,45-73H2,1-3H3/b10-7-,11-8-,19-16-,20-17-,21-18-,28-25-,29-26-,30-27-,36-34-,37-35-,43-40-,44-41-. The fraction of sp³-hybridized carbons (Fsp3) is 0.649. The van der Waals surface area contributed by atoms with Gasteiger partial charge in [0.15, 0.2) is 6.10 Å². The summed E-state index contributed by atoms with van der Waals surface area (Å²) in [7, 11) is 0. The third-order valence-corrected chi connectivity index (χ3v) is 14.3. The Labute approximate surface area is 512 Å². The van der Waals surface area contributed by atoms with Crippen LogP contribution in [0.3, 0.4) is 0 Å². The summed E-state index contributed by atoms with van der Waals surface area (Å²) in [6, 6.07) is 0. The van der Waals surface area contributed by atoms with Crippen LogP contribution in [0.2, 0.25) is 0 Å². The molecule has 83 heavy (non-hydrogen) atoms. The van der Waals surface area contributed by atoms with Gasteiger partial charge in [0.05, 0.1) is 0 Å². The SMILES string of the molecule is CC/C=C\C/C=C\C/C=C\C/C=C\C/C=C\CCCCCCCCCC(=O)OCC(COC(=O)CCCCCCCCCCC/C=C\C/C=C\CCCCC)OC(=O)CCCCCCCCC/C=C\C/C=C\C/C=C\C/C=C\C/C=C\CC. The van der Waals surface area contributed by atoms with Crippen LogP contribution in [-0.4, -0.2) is 37.2 Å². The summed E-state index contributed by atoms with van der Waals surface area (Å²) in [5.74, 6) is -0.914. The maximum absolute atomic E-state index is 13.0. The van der Waals surface area contributed by atoms with E-state index >= 15 is 0 Å². The van der Waals surface area contributed by atoms with E-state index in [1.54, 1.807) is 0 Å². The van der Waals surface area contributed by atoms with Gasteiger partial charge in [0.25, 0.3) is 0 Å². The van der Waals surface area contributed by atoms with Crippen molar-refractivity contribution in [3.05, 3.63) is 146 Å². The molecule has 0 saturated carbocycles. The molecule has 1 atom stereocenters. The molecule has 0 radical (unpaired) electrons. The molecule has 0 amide bonds. The Morgan fingerprint density at radius 2 is 0.470 bits per heavy atom. The van der Waals surface area contributed by atoms with E-state index in [0.717, 1.165) is 148 Å². The molecular weight excluding hydrogens is 1020 g/mol. The highest BCUT2D eigenvalue weighted by Crippen LogP contribution is 2.16. The fourth-order valence-electron chi connectivity index (χ4n) is 9.23. The molecule has 0 spiro atoms. The second kappa shape index (κ2) is 69.8. The van der Waals surface area contributed by atoms with E-state index in [4.69, 9.17) is 14.2 Å². The maximum Gasteiger partial charge on any atom is 0.306 e. The maximum atomic E-state index is 13.0. The van der Waals surface area contributed by atoms with Gasteiger partial charge in [-0.1, -0.05) is 289 Å². The molecule has 6 nitrogen and oxygen atoms in total. The summed E-state index contributed by atoms with van der Waals surface area (Å²) in [5, 5.41) is 0. The molecule has 0 heterocycles. The van der Waals surface area contributed by atoms with Crippen molar-refractivity contribution < 1.29 is 28.6 Å². The quantitative estimate of drug-likeness (QED) is 0.0261. The summed E-state index contributed by atoms with van der Waals surface area (Å²) in [6.45, 7) is 6.39. The molecular formula is C77H126O6. The Morgan fingerprint density at radius 3 is 0.735 bits per heavy atom. The van der Waals surface area contributed by atoms with Gasteiger partial charge >= 0.3 is 17.9 Å². The van der Waals surface area contributed by atoms with Gasteiger partial charge in [0, 0.05) is 19.3 Å². The van der Waals surface area contributed by atoms with E-state index in [2.05, 4.69) is 167 Å². The average molecular weight is 1150 g/mol. The second-order valence-electron chi connectivity index (χ2n) is 22.3. The number of ether oxygens (including phenoxy) is 3. The van der Waals surface area contributed by atoms with Crippen LogP contribution in [0.25, 0.3) is 0 Å². The molecule has 0 rings (SSSR count). The normalized spacial score (nSPS) is 13.0. The lowest BCUT2D eigenvalue weighted by Crippen LogP contribution is -2.30. The third kappa shape index (κ3) is 68.0. The zero-order valence-electron chi connectivity index (χ0n) is 53.9. The van der Waals surface area contributed by atoms with Crippen molar-refractivity contribution in [3.63, 3.8) is 0 Å². The summed E-state index contributed by atoms with van der Waals surface area (Å²) in [6.07, 6.45) is 99.9. The van der Waals surface area contributed by atoms with Crippen molar-refractivity contribution in [2.75, 3.05) is 13.2 Å². The first-order chi connectivity index (χ1) is 41.0. The van der Waals surface area contributed by atoms with Crippen molar-refractivity contribution in [2.24, 2.45) is 0 Å². The lowest BCUT2D eigenvalue weighted by atomic mass is 10.1. The van der Waals surface area contributed by atoms with E-state index < -0.39 is 6.10 Å². The van der Waals surface area contributed by atoms with Crippen LogP contribution in [0, 0.1) is 0 Å². The number of unbranched alkanes of at least 4 members (excludes halogenated alkanes) is 26. The lowest BCUT2D eigenvalue weighted by molar-refractivity contribution is -0.167. The highest BCUT2D eigenvalue weighted by atomic mass is 16.6. The summed E-state index contributed by atoms with van der Waals surface area (Å²) in [4.78, 5) is 38.5. The van der Waals surface area contributed by atoms with Gasteiger partial charge in [0.2, 0.25) is 0 Å². The van der Waals surface area contributed by atoms with Crippen LogP contribution in [0.5, 0.6) is 0 Å². The lowest BCUT2D eigenvalue weighted by Gasteiger charge is -2.18. The van der Waals surface area contributed by atoms with Gasteiger partial charge in [-0.15, -0.1) is 0 Å². The molecule has 0 saturated heterocycles. The Kier molecular flexibility index (Phi) is 65.8. The molecule has 6 heteroatoms. The molecule has 0 aromatic rings. The van der Waals surface area contributed by atoms with Crippen molar-refractivity contribution in [1.29, 1.82) is 0 Å². The number of allylic oxidation sites excluding steroid dienone is 24. The van der Waals surface area contributed by atoms with E-state index in [9.17, 15) is 14.4 Å². The van der Waals surface area contributed by atoms with Crippen molar-refractivity contribution in [3.8, 4) is 0 Å². The first kappa shape index (κ1) is 78.3. The second-order valence-corrected chi connectivity index (χ2v) is 22.3. The molecule has 0 bridgehead atoms. The predicted octanol–water partition coefficient (Wildman–Crippen LogP) is 23.9. The molecule has 0 aliphatic heterocycles. The topological polar surface area (TPSA) is 78.9 Å². The first-order valence-electron chi connectivity index (χ1n) is 34.3. The highest BCUT2D eigenvalue weighted by Gasteiger charge is 2.19. The molecule has 1 unspecified atom stereocenters. The predicted molar refractivity (Wildman–Crippen MR) is 362 cm³/mol. The number of carbonyl (C=O) groups is 3. The van der Waals surface area contributed by atoms with E-state index in [1.807, 2.05) is 0 Å². The van der Waals surface area contributed by atoms with Crippen LogP contribution in [0.4, 0.5) is 0 Å². The Hall–Kier alpha value is -4.71. The van der Waals surface area contributed by atoms with Crippen LogP contribution in [0.1, 0.15) is 303 Å². The summed E-state index contributed by atoms with van der Waals surface area (Å²) < 4.78 is 17.0. The van der Waals surface area contributed by atoms with Crippen LogP contribution >= 0.6 is 0 Å². The number of rotatable bonds is 61. The van der Waals surface area contributed by atoms with Gasteiger partial charge < -0.3 is 14.2 Å². The molecule has 470 valence electrons. The van der Waals surface area contributed by atoms with Crippen molar-refractivity contribution >= 4 is 17.9 Å². The van der Waals surface area contributed by atoms with Crippen molar-refractivity contribution in [1.82, 2.24) is 0 Å². The smallest absolute Gasteiger partial charge is 0.306 e. The van der Waals surface area contributed by atoms with Gasteiger partial charge in [-0.3, -0.25) is 14.4 Å². The minimum atomic E-state index is -0.800. The molecule has 0 N–H and O–H groups in total. The zero-order chi connectivity index (χ0) is 59.9. The van der Waals surface area contributed by atoms with Gasteiger partial charge in [-0.25, -0.2) is 0 Å². The Balaban J connectivity index is 4.46. The number of hydrogen-bond donors (Lipinski definition) is 0. The highest BCUT2D eigenvalue weighted by molar-refractivity contribution is 5.71. The summed E-state index contributed by atoms with van der Waals surface area (Å²) >= 11 is 0. The molecule has 0 fully saturated rings. The molecule has 0 aliphatic rings. The van der Waals surface area contributed by atoms with Gasteiger partial charge in [-0.2, -0.15) is 0 Å². The minimum Gasteiger partial charge on any atom is -0.462 e. The van der Waals surface area contributed by atoms with Crippen LogP contribution in [0.15, 0.2) is 146 Å². The average Bonchev–Trinajstić information content (AvgIpc) is 3.49. The van der Waals surface area contributed by atoms with Crippen LogP contribution < -0.4 is 0 Å². The van der Waals surface area contributed by atoms with Crippen LogP contribution in [-0.2, 0) is 28.6 Å². The van der Waals surface area contributed by atoms with Crippen molar-refractivity contribution in [2.45, 2.75) is 309 Å². The molecule has 0 aliphatic carbocycles. The molecule has 0 aromatic carbocycles. The molecule has 0 aromatic heterocycles. The minimum absolute atomic E-state index is 0.0927. The summed E-state index contributed by atoms with van der Waals surface area (Å²) in [5.41, 5.74) is 0. The third-order valence-electron chi connectivity index (χ3n) is 14.3.